The van der Waals surface area contributed by atoms with E-state index in [0.717, 1.165) is 164 Å². The van der Waals surface area contributed by atoms with Gasteiger partial charge in [-0.15, -0.1) is 0 Å². The molecule has 744 valence electrons. The van der Waals surface area contributed by atoms with Crippen LogP contribution in [0.2, 0.25) is 0 Å². The van der Waals surface area contributed by atoms with E-state index in [1.807, 2.05) is 66.7 Å². The Morgan fingerprint density at radius 3 is 0.614 bits per heavy atom. The van der Waals surface area contributed by atoms with Gasteiger partial charge in [-0.3, -0.25) is 0 Å². The number of hydrogen-bond acceptors (Lipinski definition) is 12. The topological polar surface area (TPSA) is 119 Å². The Labute approximate surface area is 840 Å². The molecule has 0 aromatic heterocycles. The van der Waals surface area contributed by atoms with E-state index < -0.39 is 5.97 Å². The Morgan fingerprint density at radius 1 is 0.171 bits per heavy atom. The van der Waals surface area contributed by atoms with Gasteiger partial charge in [0.05, 0.1) is 39.1 Å². The van der Waals surface area contributed by atoms with E-state index in [4.69, 9.17) is 52.1 Å². The van der Waals surface area contributed by atoms with Crippen LogP contribution in [0.15, 0.2) is 273 Å². The van der Waals surface area contributed by atoms with E-state index in [0.29, 0.717) is 66.5 Å². The first-order valence-electron chi connectivity index (χ1n) is 53.8. The lowest BCUT2D eigenvalue weighted by Gasteiger charge is -2.17. The molecule has 0 fully saturated rings. The zero-order valence-electron chi connectivity index (χ0n) is 85.2. The second kappa shape index (κ2) is 63.7. The highest BCUT2D eigenvalue weighted by Gasteiger charge is 2.18. The van der Waals surface area contributed by atoms with E-state index in [1.54, 1.807) is 12.1 Å². The van der Waals surface area contributed by atoms with Crippen LogP contribution in [0.5, 0.6) is 57.5 Å². The molecular weight excluding hydrogens is 1730 g/mol. The minimum atomic E-state index is -0.416. The average molecular weight is 1890 g/mol. The van der Waals surface area contributed by atoms with Gasteiger partial charge in [-0.1, -0.05) is 429 Å². The van der Waals surface area contributed by atoms with Crippen LogP contribution in [0, 0.1) is 0 Å². The minimum Gasteiger partial charge on any atom is -0.494 e. The van der Waals surface area contributed by atoms with Crippen molar-refractivity contribution in [3.8, 4) is 113 Å². The molecule has 0 unspecified atom stereocenters. The van der Waals surface area contributed by atoms with Gasteiger partial charge in [0.25, 0.3) is 0 Å². The van der Waals surface area contributed by atoms with Crippen LogP contribution in [-0.2, 0) is 44.4 Å². The van der Waals surface area contributed by atoms with Crippen LogP contribution in [-0.4, -0.2) is 39.5 Å². The van der Waals surface area contributed by atoms with Crippen LogP contribution < -0.4 is 47.4 Å². The van der Waals surface area contributed by atoms with Crippen molar-refractivity contribution in [2.24, 2.45) is 0 Å². The number of unbranched alkanes of at least 4 members (excludes halogenated alkanes) is 36. The number of methoxy groups -OCH3 is 1. The maximum atomic E-state index is 12.8. The SMILES string of the molecule is CCCCCCCCCCCCOc1ccc(-c2ccc(COc3ccc(COc4cc(OCc5ccc(OCc6ccc(-c7ccc(OCCCCCCCCCCCC)cc7)cc6)c(OCc6ccc(-c7ccc(OCCCCCCCCCCCC)cc7)cc6)c5)cc(-c5ccc(C(=O)OC)cc5)c4)cc3OCc3ccc(-c4ccc(OCCCCCCCCCCCC)cc4)cc3)cc2)cc1. The maximum absolute atomic E-state index is 12.8. The lowest BCUT2D eigenvalue weighted by Crippen LogP contribution is -2.03. The third-order valence-electron chi connectivity index (χ3n) is 26.6. The van der Waals surface area contributed by atoms with E-state index in [9.17, 15) is 4.79 Å². The zero-order valence-corrected chi connectivity index (χ0v) is 85.2. The van der Waals surface area contributed by atoms with Gasteiger partial charge in [0.1, 0.15) is 74.1 Å². The zero-order chi connectivity index (χ0) is 97.1. The van der Waals surface area contributed by atoms with Crippen LogP contribution in [0.4, 0.5) is 0 Å². The van der Waals surface area contributed by atoms with Crippen molar-refractivity contribution >= 4 is 5.97 Å². The fourth-order valence-electron chi connectivity index (χ4n) is 17.8. The Balaban J connectivity index is 0.719. The molecule has 12 heteroatoms. The Hall–Kier alpha value is -11.9. The van der Waals surface area contributed by atoms with E-state index >= 15 is 0 Å². The molecule has 0 atom stereocenters. The van der Waals surface area contributed by atoms with Gasteiger partial charge < -0.3 is 52.1 Å². The summed E-state index contributed by atoms with van der Waals surface area (Å²) in [6.07, 6.45) is 52.0. The molecule has 0 spiro atoms. The van der Waals surface area contributed by atoms with Crippen LogP contribution in [0.25, 0.3) is 55.6 Å². The smallest absolute Gasteiger partial charge is 0.337 e. The van der Waals surface area contributed by atoms with Gasteiger partial charge in [-0.25, -0.2) is 4.79 Å². The number of ether oxygens (including phenoxy) is 11. The summed E-state index contributed by atoms with van der Waals surface area (Å²) in [7, 11) is 1.39. The molecule has 12 rings (SSSR count). The molecule has 0 saturated heterocycles. The molecule has 0 heterocycles. The largest absolute Gasteiger partial charge is 0.494 e. The van der Waals surface area contributed by atoms with Crippen LogP contribution in [0.1, 0.15) is 328 Å². The first kappa shape index (κ1) is 107. The van der Waals surface area contributed by atoms with Crippen molar-refractivity contribution < 1.29 is 56.9 Å². The van der Waals surface area contributed by atoms with Gasteiger partial charge in [-0.2, -0.15) is 0 Å². The molecule has 12 nitrogen and oxygen atoms in total. The summed E-state index contributed by atoms with van der Waals surface area (Å²) in [5.74, 6) is 6.71. The summed E-state index contributed by atoms with van der Waals surface area (Å²) in [5.41, 5.74) is 16.8. The van der Waals surface area contributed by atoms with E-state index in [1.165, 1.54) is 238 Å². The van der Waals surface area contributed by atoms with Crippen LogP contribution in [0.3, 0.4) is 0 Å². The highest BCUT2D eigenvalue weighted by Crippen LogP contribution is 2.38. The normalized spacial score (nSPS) is 11.2. The molecule has 12 aromatic carbocycles. The highest BCUT2D eigenvalue weighted by atomic mass is 16.5. The Morgan fingerprint density at radius 2 is 0.371 bits per heavy atom. The fourth-order valence-corrected chi connectivity index (χ4v) is 17.8. The lowest BCUT2D eigenvalue weighted by atomic mass is 10.0. The molecule has 0 amide bonds. The predicted octanol–water partition coefficient (Wildman–Crippen LogP) is 36.5. The monoisotopic (exact) mass is 1890 g/mol. The quantitative estimate of drug-likeness (QED) is 0.0267. The van der Waals surface area contributed by atoms with Crippen molar-refractivity contribution in [3.05, 3.63) is 312 Å². The molecule has 0 aliphatic heterocycles. The number of carbonyl (C=O) groups excluding carboxylic acids is 1. The van der Waals surface area contributed by atoms with Gasteiger partial charge in [0.15, 0.2) is 23.0 Å². The molecule has 0 radical (unpaired) electrons. The number of benzene rings is 12. The summed E-state index contributed by atoms with van der Waals surface area (Å²) in [4.78, 5) is 12.8. The van der Waals surface area contributed by atoms with Crippen molar-refractivity contribution in [2.75, 3.05) is 33.5 Å². The molecule has 0 N–H and O–H groups in total. The van der Waals surface area contributed by atoms with Gasteiger partial charge >= 0.3 is 5.97 Å². The first-order valence-corrected chi connectivity index (χ1v) is 53.8. The number of esters is 1. The van der Waals surface area contributed by atoms with Gasteiger partial charge in [-0.05, 0) is 212 Å². The summed E-state index contributed by atoms with van der Waals surface area (Å²) in [6, 6.07) is 93.2. The van der Waals surface area contributed by atoms with E-state index in [2.05, 4.69) is 222 Å². The van der Waals surface area contributed by atoms with Crippen molar-refractivity contribution in [2.45, 2.75) is 324 Å². The van der Waals surface area contributed by atoms with Crippen molar-refractivity contribution in [3.63, 3.8) is 0 Å². The van der Waals surface area contributed by atoms with Crippen LogP contribution >= 0.6 is 0 Å². The Bertz CT molecular complexity index is 5060. The predicted molar refractivity (Wildman–Crippen MR) is 579 cm³/mol. The fraction of sp³-hybridized carbons (Fsp3) is 0.430. The second-order valence-electron chi connectivity index (χ2n) is 38.1. The van der Waals surface area contributed by atoms with Gasteiger partial charge in [0.2, 0.25) is 0 Å². The summed E-state index contributed by atoms with van der Waals surface area (Å²) in [5, 5.41) is 0. The number of hydrogen-bond donors (Lipinski definition) is 0. The maximum Gasteiger partial charge on any atom is 0.337 e. The summed E-state index contributed by atoms with van der Waals surface area (Å²) in [6.45, 7) is 13.7. The molecule has 0 aliphatic carbocycles. The molecule has 0 aliphatic rings. The summed E-state index contributed by atoms with van der Waals surface area (Å²) < 4.78 is 70.6. The van der Waals surface area contributed by atoms with E-state index in [-0.39, 0.29) is 13.2 Å². The average Bonchev–Trinajstić information content (AvgIpc) is 0.826. The van der Waals surface area contributed by atoms with Crippen molar-refractivity contribution in [1.82, 2.24) is 0 Å². The first-order chi connectivity index (χ1) is 69.1. The highest BCUT2D eigenvalue weighted by molar-refractivity contribution is 5.90. The minimum absolute atomic E-state index is 0.187. The third-order valence-corrected chi connectivity index (χ3v) is 26.6. The molecule has 0 bridgehead atoms. The number of carbonyl (C=O) groups is 1. The molecule has 0 saturated carbocycles. The third kappa shape index (κ3) is 39.3. The second-order valence-corrected chi connectivity index (χ2v) is 38.1. The van der Waals surface area contributed by atoms with Gasteiger partial charge in [0, 0.05) is 6.07 Å². The molecular formula is C128H160O12. The number of rotatable bonds is 72. The standard InChI is InChI=1S/C128H160O12/c1-6-10-14-18-22-26-30-34-38-42-86-131-118-76-68-111(69-77-118)107-56-46-101(47-57-107)95-137-124-84-54-105(90-126(124)139-97-103-50-60-109(61-51-103)113-72-80-120(81-73-113)133-88-44-40-36-32-28-24-20-16-12-8-3)99-135-122-92-117(115-64-66-116(67-65-115)128(129)130-5)93-123(94-122)136-100-106-55-85-125(138-96-102-48-58-108(59-49-102)112-70-78-119(79-71-112)132-87-43-39-35-31-27-23-19-15-11-7-2)127(91-106)140-98-104-52-62-110(63-53-104)114-74-82-121(83-75-114)134-89-45-41-37-33-29-25-21-17-13-9-4/h46-85,90-94H,6-45,86-89,95-100H2,1-5H3. The Kier molecular flexibility index (Phi) is 48.7. The molecule has 12 aromatic rings. The molecule has 140 heavy (non-hydrogen) atoms. The summed E-state index contributed by atoms with van der Waals surface area (Å²) >= 11 is 0. The van der Waals surface area contributed by atoms with Crippen molar-refractivity contribution in [1.29, 1.82) is 0 Å². The lowest BCUT2D eigenvalue weighted by molar-refractivity contribution is 0.0600.